The molecule has 2 unspecified atom stereocenters. The summed E-state index contributed by atoms with van der Waals surface area (Å²) in [5.41, 5.74) is 2.01. The second-order valence-electron chi connectivity index (χ2n) is 5.91. The first-order valence-corrected chi connectivity index (χ1v) is 7.55. The van der Waals surface area contributed by atoms with Gasteiger partial charge in [-0.15, -0.1) is 0 Å². The molecular formula is C17H22N2O2. The Morgan fingerprint density at radius 3 is 2.81 bits per heavy atom. The molecule has 1 aromatic carbocycles. The topological polar surface area (TPSA) is 49.5 Å². The van der Waals surface area contributed by atoms with Crippen LogP contribution in [0.25, 0.3) is 11.5 Å². The molecule has 2 atom stereocenters. The van der Waals surface area contributed by atoms with Gasteiger partial charge < -0.3 is 9.52 Å². The second kappa shape index (κ2) is 6.00. The average Bonchev–Trinajstić information content (AvgIpc) is 3.08. The van der Waals surface area contributed by atoms with Crippen molar-refractivity contribution in [3.63, 3.8) is 0 Å². The van der Waals surface area contributed by atoms with Gasteiger partial charge in [-0.05, 0) is 44.9 Å². The maximum atomic E-state index is 9.68. The van der Waals surface area contributed by atoms with Crippen molar-refractivity contribution >= 4 is 0 Å². The lowest BCUT2D eigenvalue weighted by Gasteiger charge is -2.16. The Bertz CT molecular complexity index is 592. The van der Waals surface area contributed by atoms with E-state index in [1.165, 1.54) is 0 Å². The third kappa shape index (κ3) is 3.17. The second-order valence-corrected chi connectivity index (χ2v) is 5.91. The Labute approximate surface area is 125 Å². The fourth-order valence-corrected chi connectivity index (χ4v) is 2.89. The lowest BCUT2D eigenvalue weighted by Crippen LogP contribution is -2.24. The van der Waals surface area contributed by atoms with Crippen molar-refractivity contribution in [1.29, 1.82) is 0 Å². The molecule has 0 saturated carbocycles. The van der Waals surface area contributed by atoms with Gasteiger partial charge in [-0.3, -0.25) is 4.90 Å². The summed E-state index contributed by atoms with van der Waals surface area (Å²) in [6, 6.07) is 9.98. The van der Waals surface area contributed by atoms with E-state index in [0.717, 1.165) is 43.1 Å². The van der Waals surface area contributed by atoms with Crippen molar-refractivity contribution in [3.05, 3.63) is 41.8 Å². The molecule has 1 aliphatic rings. The van der Waals surface area contributed by atoms with Gasteiger partial charge in [0.05, 0.1) is 11.8 Å². The van der Waals surface area contributed by atoms with E-state index in [1.807, 2.05) is 44.2 Å². The highest BCUT2D eigenvalue weighted by Gasteiger charge is 2.27. The Morgan fingerprint density at radius 2 is 2.14 bits per heavy atom. The number of nitrogens with zero attached hydrogens (tertiary/aromatic N) is 2. The number of benzene rings is 1. The Morgan fingerprint density at radius 1 is 1.38 bits per heavy atom. The van der Waals surface area contributed by atoms with Gasteiger partial charge in [0.2, 0.25) is 5.89 Å². The van der Waals surface area contributed by atoms with Crippen LogP contribution in [0.2, 0.25) is 0 Å². The van der Waals surface area contributed by atoms with Gasteiger partial charge in [-0.2, -0.15) is 0 Å². The zero-order valence-electron chi connectivity index (χ0n) is 12.6. The van der Waals surface area contributed by atoms with Gasteiger partial charge in [-0.25, -0.2) is 4.98 Å². The first kappa shape index (κ1) is 14.3. The number of aliphatic hydroxyl groups excluding tert-OH is 1. The number of oxazole rings is 1. The predicted octanol–water partition coefficient (Wildman–Crippen LogP) is 2.85. The van der Waals surface area contributed by atoms with Crippen LogP contribution in [0.3, 0.4) is 0 Å². The molecule has 0 amide bonds. The molecule has 2 aromatic rings. The highest BCUT2D eigenvalue weighted by molar-refractivity contribution is 5.53. The lowest BCUT2D eigenvalue weighted by atomic mass is 10.0. The first-order valence-electron chi connectivity index (χ1n) is 7.55. The molecule has 1 aromatic heterocycles. The lowest BCUT2D eigenvalue weighted by molar-refractivity contribution is 0.127. The summed E-state index contributed by atoms with van der Waals surface area (Å²) in [5, 5.41) is 9.68. The number of likely N-dealkylation sites (tertiary alicyclic amines) is 1. The third-order valence-electron chi connectivity index (χ3n) is 4.28. The molecule has 0 radical (unpaired) electrons. The zero-order chi connectivity index (χ0) is 14.8. The van der Waals surface area contributed by atoms with E-state index >= 15 is 0 Å². The molecule has 112 valence electrons. The van der Waals surface area contributed by atoms with E-state index in [-0.39, 0.29) is 6.10 Å². The quantitative estimate of drug-likeness (QED) is 0.939. The smallest absolute Gasteiger partial charge is 0.226 e. The minimum absolute atomic E-state index is 0.228. The van der Waals surface area contributed by atoms with Gasteiger partial charge in [0.1, 0.15) is 5.76 Å². The molecule has 4 nitrogen and oxygen atoms in total. The number of hydrogen-bond donors (Lipinski definition) is 1. The van der Waals surface area contributed by atoms with E-state index in [2.05, 4.69) is 9.88 Å². The summed E-state index contributed by atoms with van der Waals surface area (Å²) in [7, 11) is 0. The van der Waals surface area contributed by atoms with Crippen LogP contribution in [0.4, 0.5) is 0 Å². The number of hydrogen-bond acceptors (Lipinski definition) is 4. The molecule has 1 aliphatic heterocycles. The van der Waals surface area contributed by atoms with Crippen LogP contribution in [-0.4, -0.2) is 34.2 Å². The van der Waals surface area contributed by atoms with Gasteiger partial charge in [0.15, 0.2) is 0 Å². The van der Waals surface area contributed by atoms with Crippen molar-refractivity contribution < 1.29 is 9.52 Å². The Hall–Kier alpha value is -1.65. The number of aliphatic hydroxyl groups is 1. The SMILES string of the molecule is Cc1oc(-c2ccccc2)nc1CN1CCC(C(C)O)C1. The van der Waals surface area contributed by atoms with E-state index in [1.54, 1.807) is 0 Å². The van der Waals surface area contributed by atoms with Gasteiger partial charge in [0, 0.05) is 18.7 Å². The van der Waals surface area contributed by atoms with Crippen LogP contribution >= 0.6 is 0 Å². The standard InChI is InChI=1S/C17H22N2O2/c1-12(20)15-8-9-19(10-15)11-16-13(2)21-17(18-16)14-6-4-3-5-7-14/h3-7,12,15,20H,8-11H2,1-2H3. The fourth-order valence-electron chi connectivity index (χ4n) is 2.89. The molecule has 1 N–H and O–H groups in total. The van der Waals surface area contributed by atoms with Crippen LogP contribution < -0.4 is 0 Å². The van der Waals surface area contributed by atoms with E-state index in [4.69, 9.17) is 4.42 Å². The minimum atomic E-state index is -0.228. The summed E-state index contributed by atoms with van der Waals surface area (Å²) >= 11 is 0. The third-order valence-corrected chi connectivity index (χ3v) is 4.28. The van der Waals surface area contributed by atoms with Crippen LogP contribution in [0.15, 0.2) is 34.7 Å². The van der Waals surface area contributed by atoms with E-state index in [0.29, 0.717) is 11.8 Å². The van der Waals surface area contributed by atoms with Crippen molar-refractivity contribution in [3.8, 4) is 11.5 Å². The molecule has 2 heterocycles. The molecule has 0 aliphatic carbocycles. The Kier molecular flexibility index (Phi) is 4.08. The first-order chi connectivity index (χ1) is 10.1. The van der Waals surface area contributed by atoms with Gasteiger partial charge in [0.25, 0.3) is 0 Å². The summed E-state index contributed by atoms with van der Waals surface area (Å²) in [6.07, 6.45) is 0.827. The highest BCUT2D eigenvalue weighted by atomic mass is 16.4. The average molecular weight is 286 g/mol. The van der Waals surface area contributed by atoms with E-state index < -0.39 is 0 Å². The van der Waals surface area contributed by atoms with Crippen LogP contribution in [0, 0.1) is 12.8 Å². The maximum absolute atomic E-state index is 9.68. The van der Waals surface area contributed by atoms with Crippen molar-refractivity contribution in [1.82, 2.24) is 9.88 Å². The number of aryl methyl sites for hydroxylation is 1. The fraction of sp³-hybridized carbons (Fsp3) is 0.471. The summed E-state index contributed by atoms with van der Waals surface area (Å²) < 4.78 is 5.80. The van der Waals surface area contributed by atoms with E-state index in [9.17, 15) is 5.11 Å². The molecule has 4 heteroatoms. The monoisotopic (exact) mass is 286 g/mol. The summed E-state index contributed by atoms with van der Waals surface area (Å²) in [5.74, 6) is 1.95. The van der Waals surface area contributed by atoms with Gasteiger partial charge >= 0.3 is 0 Å². The molecule has 0 spiro atoms. The number of rotatable bonds is 4. The van der Waals surface area contributed by atoms with Gasteiger partial charge in [-0.1, -0.05) is 18.2 Å². The highest BCUT2D eigenvalue weighted by Crippen LogP contribution is 2.25. The molecule has 0 bridgehead atoms. The normalized spacial score (nSPS) is 20.8. The predicted molar refractivity (Wildman–Crippen MR) is 81.7 cm³/mol. The number of aromatic nitrogens is 1. The van der Waals surface area contributed by atoms with Crippen LogP contribution in [0.1, 0.15) is 24.8 Å². The van der Waals surface area contributed by atoms with Crippen molar-refractivity contribution in [2.24, 2.45) is 5.92 Å². The van der Waals surface area contributed by atoms with Crippen LogP contribution in [-0.2, 0) is 6.54 Å². The Balaban J connectivity index is 1.71. The molecule has 1 saturated heterocycles. The maximum Gasteiger partial charge on any atom is 0.226 e. The largest absolute Gasteiger partial charge is 0.441 e. The minimum Gasteiger partial charge on any atom is -0.441 e. The van der Waals surface area contributed by atoms with Crippen molar-refractivity contribution in [2.45, 2.75) is 32.9 Å². The summed E-state index contributed by atoms with van der Waals surface area (Å²) in [4.78, 5) is 6.99. The molecular weight excluding hydrogens is 264 g/mol. The van der Waals surface area contributed by atoms with Crippen molar-refractivity contribution in [2.75, 3.05) is 13.1 Å². The molecule has 1 fully saturated rings. The van der Waals surface area contributed by atoms with Crippen LogP contribution in [0.5, 0.6) is 0 Å². The molecule has 3 rings (SSSR count). The zero-order valence-corrected chi connectivity index (χ0v) is 12.6. The summed E-state index contributed by atoms with van der Waals surface area (Å²) in [6.45, 7) is 6.60. The molecule has 21 heavy (non-hydrogen) atoms.